The molecule has 0 aliphatic rings. The predicted molar refractivity (Wildman–Crippen MR) is 109 cm³/mol. The fraction of sp³-hybridized carbons (Fsp3) is 0.100. The number of nitrogens with one attached hydrogen (secondary N) is 1. The van der Waals surface area contributed by atoms with Crippen molar-refractivity contribution < 1.29 is 0 Å². The average Bonchev–Trinajstić information content (AvgIpc) is 3.08. The number of fused-ring (bicyclic) bond motifs is 1. The third-order valence-corrected chi connectivity index (χ3v) is 5.50. The van der Waals surface area contributed by atoms with Gasteiger partial charge in [-0.15, -0.1) is 11.3 Å². The van der Waals surface area contributed by atoms with Crippen molar-refractivity contribution in [2.45, 2.75) is 13.3 Å². The molecule has 0 fully saturated rings. The molecule has 0 aliphatic heterocycles. The van der Waals surface area contributed by atoms with Crippen LogP contribution in [0.25, 0.3) is 15.9 Å². The molecule has 0 aliphatic carbocycles. The van der Waals surface area contributed by atoms with E-state index in [1.807, 2.05) is 48.5 Å². The van der Waals surface area contributed by atoms with E-state index in [4.69, 9.17) is 16.6 Å². The van der Waals surface area contributed by atoms with Crippen molar-refractivity contribution in [2.75, 3.05) is 5.32 Å². The molecule has 0 unspecified atom stereocenters. The van der Waals surface area contributed by atoms with E-state index in [1.54, 1.807) is 28.0 Å². The number of benzene rings is 2. The van der Waals surface area contributed by atoms with Crippen molar-refractivity contribution >= 4 is 44.8 Å². The van der Waals surface area contributed by atoms with Gasteiger partial charge in [-0.2, -0.15) is 0 Å². The zero-order valence-electron chi connectivity index (χ0n) is 14.1. The number of nitrogens with zero attached hydrogens (tertiary/aromatic N) is 2. The van der Waals surface area contributed by atoms with Crippen molar-refractivity contribution in [2.24, 2.45) is 0 Å². The maximum atomic E-state index is 13.2. The molecule has 1 N–H and O–H groups in total. The van der Waals surface area contributed by atoms with Crippen molar-refractivity contribution in [3.63, 3.8) is 0 Å². The lowest BCUT2D eigenvalue weighted by Gasteiger charge is -2.14. The lowest BCUT2D eigenvalue weighted by molar-refractivity contribution is 0.977. The van der Waals surface area contributed by atoms with Gasteiger partial charge in [0.1, 0.15) is 4.83 Å². The molecule has 4 rings (SSSR count). The molecule has 0 bridgehead atoms. The summed E-state index contributed by atoms with van der Waals surface area (Å²) in [5.74, 6) is 0.487. The summed E-state index contributed by atoms with van der Waals surface area (Å²) in [6.07, 6.45) is 0.881. The summed E-state index contributed by atoms with van der Waals surface area (Å²) < 4.78 is 1.61. The Hall–Kier alpha value is -2.63. The van der Waals surface area contributed by atoms with E-state index in [2.05, 4.69) is 12.2 Å². The Kier molecular flexibility index (Phi) is 4.49. The molecule has 26 heavy (non-hydrogen) atoms. The Morgan fingerprint density at radius 2 is 1.85 bits per heavy atom. The molecule has 2 aromatic carbocycles. The zero-order chi connectivity index (χ0) is 18.1. The maximum Gasteiger partial charge on any atom is 0.268 e. The first-order valence-electron chi connectivity index (χ1n) is 8.29. The second-order valence-electron chi connectivity index (χ2n) is 5.83. The number of para-hydroxylation sites is 1. The summed E-state index contributed by atoms with van der Waals surface area (Å²) in [5, 5.41) is 4.57. The quantitative estimate of drug-likeness (QED) is 0.514. The van der Waals surface area contributed by atoms with Gasteiger partial charge < -0.3 is 5.32 Å². The minimum atomic E-state index is -0.0754. The standard InChI is InChI=1S/C20H16ClN3OS/c1-2-16-12-17-18(26-16)23-20(22-14-10-8-13(21)9-11-14)24(19(17)25)15-6-4-3-5-7-15/h3-12H,2H2,1H3,(H,22,23). The average molecular weight is 382 g/mol. The van der Waals surface area contributed by atoms with Gasteiger partial charge in [0.25, 0.3) is 5.56 Å². The van der Waals surface area contributed by atoms with E-state index in [-0.39, 0.29) is 5.56 Å². The molecule has 130 valence electrons. The van der Waals surface area contributed by atoms with Crippen LogP contribution >= 0.6 is 22.9 Å². The van der Waals surface area contributed by atoms with Gasteiger partial charge in [0.15, 0.2) is 0 Å². The van der Waals surface area contributed by atoms with E-state index < -0.39 is 0 Å². The van der Waals surface area contributed by atoms with Crippen LogP contribution in [0.15, 0.2) is 65.5 Å². The number of halogens is 1. The molecule has 0 amide bonds. The molecule has 0 saturated heterocycles. The first-order valence-corrected chi connectivity index (χ1v) is 9.48. The minimum Gasteiger partial charge on any atom is -0.325 e. The Labute approximate surface area is 159 Å². The second-order valence-corrected chi connectivity index (χ2v) is 7.38. The highest BCUT2D eigenvalue weighted by Gasteiger charge is 2.15. The summed E-state index contributed by atoms with van der Waals surface area (Å²) in [7, 11) is 0. The Bertz CT molecular complexity index is 1120. The van der Waals surface area contributed by atoms with E-state index in [9.17, 15) is 4.79 Å². The van der Waals surface area contributed by atoms with Gasteiger partial charge >= 0.3 is 0 Å². The number of hydrogen-bond acceptors (Lipinski definition) is 4. The van der Waals surface area contributed by atoms with Crippen LogP contribution in [0.4, 0.5) is 11.6 Å². The molecule has 4 aromatic rings. The van der Waals surface area contributed by atoms with Crippen LogP contribution in [0.3, 0.4) is 0 Å². The van der Waals surface area contributed by atoms with Crippen LogP contribution in [0.2, 0.25) is 5.02 Å². The van der Waals surface area contributed by atoms with Gasteiger partial charge in [-0.3, -0.25) is 4.79 Å². The number of aromatic nitrogens is 2. The number of anilines is 2. The Morgan fingerprint density at radius 1 is 1.12 bits per heavy atom. The van der Waals surface area contributed by atoms with Crippen molar-refractivity contribution in [1.29, 1.82) is 0 Å². The SMILES string of the molecule is CCc1cc2c(=O)n(-c3ccccc3)c(Nc3ccc(Cl)cc3)nc2s1. The molecule has 0 spiro atoms. The predicted octanol–water partition coefficient (Wildman–Crippen LogP) is 5.41. The monoisotopic (exact) mass is 381 g/mol. The minimum absolute atomic E-state index is 0.0754. The topological polar surface area (TPSA) is 46.9 Å². The fourth-order valence-electron chi connectivity index (χ4n) is 2.77. The highest BCUT2D eigenvalue weighted by atomic mass is 35.5. The van der Waals surface area contributed by atoms with Crippen LogP contribution < -0.4 is 10.9 Å². The summed E-state index contributed by atoms with van der Waals surface area (Å²) in [5.41, 5.74) is 1.51. The van der Waals surface area contributed by atoms with E-state index in [1.165, 1.54) is 0 Å². The summed E-state index contributed by atoms with van der Waals surface area (Å²) >= 11 is 7.52. The molecule has 0 saturated carbocycles. The van der Waals surface area contributed by atoms with Gasteiger partial charge in [0, 0.05) is 15.6 Å². The molecule has 0 atom stereocenters. The van der Waals surface area contributed by atoms with E-state index >= 15 is 0 Å². The molecular formula is C20H16ClN3OS. The van der Waals surface area contributed by atoms with Crippen molar-refractivity contribution in [1.82, 2.24) is 9.55 Å². The Balaban J connectivity index is 1.94. The lowest BCUT2D eigenvalue weighted by Crippen LogP contribution is -2.22. The summed E-state index contributed by atoms with van der Waals surface area (Å²) in [6, 6.07) is 18.8. The van der Waals surface area contributed by atoms with Gasteiger partial charge in [0.05, 0.1) is 11.1 Å². The molecule has 0 radical (unpaired) electrons. The summed E-state index contributed by atoms with van der Waals surface area (Å²) in [4.78, 5) is 19.8. The number of hydrogen-bond donors (Lipinski definition) is 1. The van der Waals surface area contributed by atoms with Crippen molar-refractivity contribution in [3.05, 3.63) is 80.9 Å². The zero-order valence-corrected chi connectivity index (χ0v) is 15.6. The molecule has 6 heteroatoms. The third-order valence-electron chi connectivity index (χ3n) is 4.08. The number of rotatable bonds is 4. The van der Waals surface area contributed by atoms with Gasteiger partial charge in [-0.05, 0) is 48.9 Å². The molecule has 4 nitrogen and oxygen atoms in total. The normalized spacial score (nSPS) is 11.0. The molecule has 2 heterocycles. The van der Waals surface area contributed by atoms with Crippen molar-refractivity contribution in [3.8, 4) is 5.69 Å². The van der Waals surface area contributed by atoms with E-state index in [0.717, 1.165) is 27.5 Å². The largest absolute Gasteiger partial charge is 0.325 e. The molecule has 2 aromatic heterocycles. The van der Waals surface area contributed by atoms with Gasteiger partial charge in [-0.25, -0.2) is 9.55 Å². The van der Waals surface area contributed by atoms with Crippen LogP contribution in [0.1, 0.15) is 11.8 Å². The smallest absolute Gasteiger partial charge is 0.268 e. The van der Waals surface area contributed by atoms with Gasteiger partial charge in [-0.1, -0.05) is 36.7 Å². The maximum absolute atomic E-state index is 13.2. The lowest BCUT2D eigenvalue weighted by atomic mass is 10.3. The van der Waals surface area contributed by atoms with Crippen LogP contribution in [-0.4, -0.2) is 9.55 Å². The third kappa shape index (κ3) is 3.11. The highest BCUT2D eigenvalue weighted by molar-refractivity contribution is 7.18. The number of aryl methyl sites for hydroxylation is 1. The molecular weight excluding hydrogens is 366 g/mol. The van der Waals surface area contributed by atoms with Crippen LogP contribution in [0.5, 0.6) is 0 Å². The second kappa shape index (κ2) is 6.94. The van der Waals surface area contributed by atoms with Crippen LogP contribution in [0, 0.1) is 0 Å². The summed E-state index contributed by atoms with van der Waals surface area (Å²) in [6.45, 7) is 2.08. The first-order chi connectivity index (χ1) is 12.7. The van der Waals surface area contributed by atoms with Gasteiger partial charge in [0.2, 0.25) is 5.95 Å². The Morgan fingerprint density at radius 3 is 2.54 bits per heavy atom. The van der Waals surface area contributed by atoms with Crippen LogP contribution in [-0.2, 0) is 6.42 Å². The first kappa shape index (κ1) is 16.8. The fourth-order valence-corrected chi connectivity index (χ4v) is 3.85. The number of thiophene rings is 1. The van der Waals surface area contributed by atoms with E-state index in [0.29, 0.717) is 16.4 Å². The highest BCUT2D eigenvalue weighted by Crippen LogP contribution is 2.26.